The number of aryl methyl sites for hydroxylation is 1. The van der Waals surface area contributed by atoms with E-state index in [1.807, 2.05) is 28.0 Å². The molecule has 3 atom stereocenters. The molecule has 2 aromatic heterocycles. The van der Waals surface area contributed by atoms with Gasteiger partial charge in [-0.3, -0.25) is 19.7 Å². The zero-order chi connectivity index (χ0) is 20.7. The maximum Gasteiger partial charge on any atom is 0.271 e. The highest BCUT2D eigenvalue weighted by molar-refractivity contribution is 5.95. The van der Waals surface area contributed by atoms with Gasteiger partial charge in [0.1, 0.15) is 5.69 Å². The number of hydrogen-bond donors (Lipinski definition) is 1. The quantitative estimate of drug-likeness (QED) is 0.732. The van der Waals surface area contributed by atoms with Crippen LogP contribution in [0.3, 0.4) is 0 Å². The first-order valence-electron chi connectivity index (χ1n) is 10.2. The number of aromatic amines is 1. The van der Waals surface area contributed by atoms with Crippen molar-refractivity contribution in [3.63, 3.8) is 0 Å². The summed E-state index contributed by atoms with van der Waals surface area (Å²) in [5.74, 6) is 0.397. The summed E-state index contributed by atoms with van der Waals surface area (Å²) in [5.41, 5.74) is 3.41. The highest BCUT2D eigenvalue weighted by Crippen LogP contribution is 2.46. The van der Waals surface area contributed by atoms with Crippen molar-refractivity contribution in [3.05, 3.63) is 83.4 Å². The largest absolute Gasteiger partial charge is 0.337 e. The minimum Gasteiger partial charge on any atom is -0.337 e. The number of carbonyl (C=O) groups excluding carboxylic acids is 2. The van der Waals surface area contributed by atoms with Crippen LogP contribution in [0.2, 0.25) is 0 Å². The summed E-state index contributed by atoms with van der Waals surface area (Å²) >= 11 is 0. The number of nitrogens with zero attached hydrogens (tertiary/aromatic N) is 4. The van der Waals surface area contributed by atoms with Crippen molar-refractivity contribution >= 4 is 11.8 Å². The van der Waals surface area contributed by atoms with Gasteiger partial charge >= 0.3 is 0 Å². The maximum atomic E-state index is 13.4. The Balaban J connectivity index is 1.47. The van der Waals surface area contributed by atoms with Gasteiger partial charge in [-0.05, 0) is 36.2 Å². The summed E-state index contributed by atoms with van der Waals surface area (Å²) in [6.45, 7) is 3.97. The molecule has 2 saturated heterocycles. The molecule has 3 aromatic rings. The standard InChI is InChI=1S/C23H23N5O2/c1-15-5-2-3-7-18(15)21-19-14-27(23(30)20-8-10-25-26-20)12-17(19)13-28(21)22(29)16-6-4-9-24-11-16/h2-11,17,19,21H,12-14H2,1H3,(H,25,26)/t17-,19-,21-/m0/s1. The van der Waals surface area contributed by atoms with Crippen LogP contribution in [-0.4, -0.2) is 56.4 Å². The third-order valence-corrected chi connectivity index (χ3v) is 6.36. The van der Waals surface area contributed by atoms with E-state index >= 15 is 0 Å². The Morgan fingerprint density at radius 3 is 2.60 bits per heavy atom. The fraction of sp³-hybridized carbons (Fsp3) is 0.304. The first-order valence-corrected chi connectivity index (χ1v) is 10.2. The van der Waals surface area contributed by atoms with E-state index in [2.05, 4.69) is 34.2 Å². The van der Waals surface area contributed by atoms with Crippen LogP contribution in [0.5, 0.6) is 0 Å². The lowest BCUT2D eigenvalue weighted by atomic mass is 9.87. The summed E-state index contributed by atoms with van der Waals surface area (Å²) in [5, 5.41) is 6.67. The van der Waals surface area contributed by atoms with Crippen molar-refractivity contribution in [1.29, 1.82) is 0 Å². The molecule has 152 valence electrons. The van der Waals surface area contributed by atoms with Gasteiger partial charge in [0, 0.05) is 50.1 Å². The van der Waals surface area contributed by atoms with Crippen molar-refractivity contribution in [1.82, 2.24) is 25.0 Å². The van der Waals surface area contributed by atoms with Crippen molar-refractivity contribution in [3.8, 4) is 0 Å². The molecular weight excluding hydrogens is 378 g/mol. The Labute approximate surface area is 174 Å². The third-order valence-electron chi connectivity index (χ3n) is 6.36. The average Bonchev–Trinajstić information content (AvgIpc) is 3.50. The predicted octanol–water partition coefficient (Wildman–Crippen LogP) is 2.70. The monoisotopic (exact) mass is 401 g/mol. The molecule has 5 rings (SSSR count). The number of aromatic nitrogens is 3. The molecule has 2 amide bonds. The Kier molecular flexibility index (Phi) is 4.58. The third kappa shape index (κ3) is 3.07. The molecule has 30 heavy (non-hydrogen) atoms. The van der Waals surface area contributed by atoms with E-state index in [0.29, 0.717) is 30.9 Å². The molecule has 4 heterocycles. The van der Waals surface area contributed by atoms with Gasteiger partial charge in [0.05, 0.1) is 11.6 Å². The lowest BCUT2D eigenvalue weighted by Gasteiger charge is -2.31. The molecule has 0 saturated carbocycles. The maximum absolute atomic E-state index is 13.4. The van der Waals surface area contributed by atoms with Crippen LogP contribution in [0.1, 0.15) is 38.0 Å². The first-order chi connectivity index (χ1) is 14.6. The highest BCUT2D eigenvalue weighted by Gasteiger charge is 2.50. The molecule has 7 heteroatoms. The number of fused-ring (bicyclic) bond motifs is 1. The van der Waals surface area contributed by atoms with E-state index < -0.39 is 0 Å². The minimum atomic E-state index is -0.0662. The normalized spacial score (nSPS) is 22.9. The number of hydrogen-bond acceptors (Lipinski definition) is 4. The molecule has 0 unspecified atom stereocenters. The van der Waals surface area contributed by atoms with Crippen molar-refractivity contribution < 1.29 is 9.59 Å². The number of amides is 2. The smallest absolute Gasteiger partial charge is 0.271 e. The summed E-state index contributed by atoms with van der Waals surface area (Å²) in [4.78, 5) is 34.2. The first kappa shape index (κ1) is 18.5. The molecule has 0 bridgehead atoms. The van der Waals surface area contributed by atoms with Crippen molar-refractivity contribution in [2.75, 3.05) is 19.6 Å². The van der Waals surface area contributed by atoms with Gasteiger partial charge in [-0.2, -0.15) is 5.10 Å². The summed E-state index contributed by atoms with van der Waals surface area (Å²) < 4.78 is 0. The molecule has 1 N–H and O–H groups in total. The van der Waals surface area contributed by atoms with Crippen LogP contribution in [0.25, 0.3) is 0 Å². The molecule has 7 nitrogen and oxygen atoms in total. The molecule has 2 fully saturated rings. The Hall–Kier alpha value is -3.48. The lowest BCUT2D eigenvalue weighted by Crippen LogP contribution is -2.37. The molecule has 0 radical (unpaired) electrons. The summed E-state index contributed by atoms with van der Waals surface area (Å²) in [7, 11) is 0. The molecule has 1 aromatic carbocycles. The van der Waals surface area contributed by atoms with Crippen LogP contribution in [0.4, 0.5) is 0 Å². The number of carbonyl (C=O) groups is 2. The zero-order valence-electron chi connectivity index (χ0n) is 16.7. The van der Waals surface area contributed by atoms with Gasteiger partial charge in [0.15, 0.2) is 0 Å². The van der Waals surface area contributed by atoms with Crippen molar-refractivity contribution in [2.45, 2.75) is 13.0 Å². The Morgan fingerprint density at radius 1 is 1.00 bits per heavy atom. The number of nitrogens with one attached hydrogen (secondary N) is 1. The van der Waals surface area contributed by atoms with E-state index in [1.165, 1.54) is 0 Å². The van der Waals surface area contributed by atoms with Gasteiger partial charge in [0.2, 0.25) is 0 Å². The molecule has 0 aliphatic carbocycles. The fourth-order valence-electron chi connectivity index (χ4n) is 4.94. The van der Waals surface area contributed by atoms with E-state index in [1.54, 1.807) is 30.7 Å². The van der Waals surface area contributed by atoms with E-state index in [4.69, 9.17) is 0 Å². The number of H-pyrrole nitrogens is 1. The summed E-state index contributed by atoms with van der Waals surface area (Å²) in [6, 6.07) is 13.5. The lowest BCUT2D eigenvalue weighted by molar-refractivity contribution is 0.0674. The molecule has 0 spiro atoms. The topological polar surface area (TPSA) is 82.2 Å². The molecule has 2 aliphatic rings. The van der Waals surface area contributed by atoms with Crippen LogP contribution in [0, 0.1) is 18.8 Å². The van der Waals surface area contributed by atoms with Gasteiger partial charge in [-0.1, -0.05) is 24.3 Å². The minimum absolute atomic E-state index is 0.00259. The number of benzene rings is 1. The second-order valence-corrected chi connectivity index (χ2v) is 8.11. The van der Waals surface area contributed by atoms with Gasteiger partial charge in [-0.25, -0.2) is 0 Å². The van der Waals surface area contributed by atoms with Gasteiger partial charge in [0.25, 0.3) is 11.8 Å². The second-order valence-electron chi connectivity index (χ2n) is 8.11. The van der Waals surface area contributed by atoms with E-state index in [9.17, 15) is 9.59 Å². The van der Waals surface area contributed by atoms with Gasteiger partial charge in [-0.15, -0.1) is 0 Å². The number of likely N-dealkylation sites (tertiary alicyclic amines) is 2. The van der Waals surface area contributed by atoms with Crippen LogP contribution < -0.4 is 0 Å². The van der Waals surface area contributed by atoms with Crippen LogP contribution in [0.15, 0.2) is 61.1 Å². The molecule has 2 aliphatic heterocycles. The SMILES string of the molecule is Cc1ccccc1[C@H]1[C@H]2CN(C(=O)c3ccn[nH]3)C[C@H]2CN1C(=O)c1cccnc1. The van der Waals surface area contributed by atoms with E-state index in [-0.39, 0.29) is 29.7 Å². The van der Waals surface area contributed by atoms with Crippen molar-refractivity contribution in [2.24, 2.45) is 11.8 Å². The van der Waals surface area contributed by atoms with Gasteiger partial charge < -0.3 is 9.80 Å². The fourth-order valence-corrected chi connectivity index (χ4v) is 4.94. The van der Waals surface area contributed by atoms with Crippen LogP contribution >= 0.6 is 0 Å². The molecular formula is C23H23N5O2. The second kappa shape index (κ2) is 7.40. The Bertz CT molecular complexity index is 1070. The van der Waals surface area contributed by atoms with E-state index in [0.717, 1.165) is 11.1 Å². The number of rotatable bonds is 3. The average molecular weight is 401 g/mol. The predicted molar refractivity (Wildman–Crippen MR) is 111 cm³/mol. The summed E-state index contributed by atoms with van der Waals surface area (Å²) in [6.07, 6.45) is 4.89. The Morgan fingerprint density at radius 2 is 1.87 bits per heavy atom. The zero-order valence-corrected chi connectivity index (χ0v) is 16.7. The highest BCUT2D eigenvalue weighted by atomic mass is 16.2. The number of pyridine rings is 1. The van der Waals surface area contributed by atoms with Crippen LogP contribution in [-0.2, 0) is 0 Å².